The summed E-state index contributed by atoms with van der Waals surface area (Å²) >= 11 is 0. The quantitative estimate of drug-likeness (QED) is 0.733. The van der Waals surface area contributed by atoms with Gasteiger partial charge in [0, 0.05) is 0 Å². The molecule has 2 saturated carbocycles. The summed E-state index contributed by atoms with van der Waals surface area (Å²) in [5.41, 5.74) is 4.61. The lowest BCUT2D eigenvalue weighted by Crippen LogP contribution is -2.13. The fraction of sp³-hybridized carbons (Fsp3) is 0.700. The van der Waals surface area contributed by atoms with Crippen LogP contribution in [0, 0.1) is 0 Å². The van der Waals surface area contributed by atoms with E-state index in [-0.39, 0.29) is 0 Å². The summed E-state index contributed by atoms with van der Waals surface area (Å²) in [4.78, 5) is 13.4. The molecule has 0 aliphatic heterocycles. The van der Waals surface area contributed by atoms with E-state index in [1.54, 1.807) is 0 Å². The number of aromatic nitrogens is 1. The second-order valence-corrected chi connectivity index (χ2v) is 7.30. The summed E-state index contributed by atoms with van der Waals surface area (Å²) in [5.74, 6) is 0. The number of hydrogen-bond acceptors (Lipinski definition) is 2. The molecular weight excluding hydrogens is 282 g/mol. The molecule has 1 aromatic heterocycles. The lowest BCUT2D eigenvalue weighted by molar-refractivity contribution is 0.443. The molecule has 0 aromatic carbocycles. The van der Waals surface area contributed by atoms with Gasteiger partial charge in [0.15, 0.2) is 0 Å². The van der Waals surface area contributed by atoms with Crippen molar-refractivity contribution < 1.29 is 0 Å². The van der Waals surface area contributed by atoms with Gasteiger partial charge in [-0.2, -0.15) is 0 Å². The number of nitrogens with one attached hydrogen (secondary N) is 1. The Morgan fingerprint density at radius 2 is 1.13 bits per heavy atom. The van der Waals surface area contributed by atoms with Crippen LogP contribution < -0.4 is 0 Å². The highest BCUT2D eigenvalue weighted by Gasteiger charge is 2.15. The Kier molecular flexibility index (Phi) is 5.69. The predicted octanol–water partition coefficient (Wildman–Crippen LogP) is 5.30. The molecule has 23 heavy (non-hydrogen) atoms. The lowest BCUT2D eigenvalue weighted by atomic mass is 9.96. The van der Waals surface area contributed by atoms with Crippen molar-refractivity contribution in [2.45, 2.75) is 90.1 Å². The molecule has 0 amide bonds. The summed E-state index contributed by atoms with van der Waals surface area (Å²) in [5, 5.41) is 0. The number of nitrogens with zero attached hydrogens (tertiary/aromatic N) is 2. The highest BCUT2D eigenvalue weighted by Crippen LogP contribution is 2.22. The van der Waals surface area contributed by atoms with E-state index >= 15 is 0 Å². The van der Waals surface area contributed by atoms with Crippen LogP contribution in [0.1, 0.15) is 89.4 Å². The zero-order valence-electron chi connectivity index (χ0n) is 14.8. The van der Waals surface area contributed by atoms with Gasteiger partial charge in [0.2, 0.25) is 0 Å². The molecule has 1 aromatic rings. The van der Waals surface area contributed by atoms with Crippen LogP contribution in [-0.4, -0.2) is 28.5 Å². The maximum atomic E-state index is 4.94. The minimum atomic E-state index is 0.535. The van der Waals surface area contributed by atoms with Crippen molar-refractivity contribution in [3.05, 3.63) is 23.5 Å². The van der Waals surface area contributed by atoms with Gasteiger partial charge in [0.1, 0.15) is 0 Å². The molecule has 2 fully saturated rings. The summed E-state index contributed by atoms with van der Waals surface area (Å²) in [7, 11) is 0. The Morgan fingerprint density at radius 3 is 1.52 bits per heavy atom. The molecule has 2 aliphatic carbocycles. The summed E-state index contributed by atoms with van der Waals surface area (Å²) in [6.07, 6.45) is 13.1. The van der Waals surface area contributed by atoms with Crippen molar-refractivity contribution in [3.8, 4) is 0 Å². The van der Waals surface area contributed by atoms with Crippen LogP contribution in [0.3, 0.4) is 0 Å². The third-order valence-electron chi connectivity index (χ3n) is 5.37. The van der Waals surface area contributed by atoms with Gasteiger partial charge in [-0.3, -0.25) is 9.98 Å². The van der Waals surface area contributed by atoms with Crippen LogP contribution in [0.2, 0.25) is 0 Å². The molecule has 0 saturated heterocycles. The predicted molar refractivity (Wildman–Crippen MR) is 99.0 cm³/mol. The summed E-state index contributed by atoms with van der Waals surface area (Å²) < 4.78 is 0. The highest BCUT2D eigenvalue weighted by molar-refractivity contribution is 6.01. The average Bonchev–Trinajstić information content (AvgIpc) is 3.07. The third kappa shape index (κ3) is 4.55. The Labute approximate surface area is 140 Å². The van der Waals surface area contributed by atoms with Gasteiger partial charge >= 0.3 is 0 Å². The van der Waals surface area contributed by atoms with E-state index in [9.17, 15) is 0 Å². The maximum Gasteiger partial charge on any atom is 0.0596 e. The first-order valence-corrected chi connectivity index (χ1v) is 9.51. The molecule has 2 aliphatic rings. The zero-order chi connectivity index (χ0) is 16.1. The molecule has 0 unspecified atom stereocenters. The van der Waals surface area contributed by atoms with E-state index in [2.05, 4.69) is 31.0 Å². The molecule has 3 rings (SSSR count). The number of aromatic amines is 1. The van der Waals surface area contributed by atoms with Gasteiger partial charge in [-0.15, -0.1) is 0 Å². The molecule has 1 heterocycles. The number of rotatable bonds is 4. The van der Waals surface area contributed by atoms with Crippen molar-refractivity contribution in [3.63, 3.8) is 0 Å². The topological polar surface area (TPSA) is 40.5 Å². The second kappa shape index (κ2) is 7.94. The molecule has 0 spiro atoms. The van der Waals surface area contributed by atoms with Crippen LogP contribution in [0.15, 0.2) is 22.1 Å². The first-order valence-electron chi connectivity index (χ1n) is 9.51. The Balaban J connectivity index is 1.66. The summed E-state index contributed by atoms with van der Waals surface area (Å²) in [6, 6.07) is 5.40. The van der Waals surface area contributed by atoms with Crippen LogP contribution >= 0.6 is 0 Å². The number of H-pyrrole nitrogens is 1. The van der Waals surface area contributed by atoms with Crippen molar-refractivity contribution in [2.75, 3.05) is 0 Å². The van der Waals surface area contributed by atoms with E-state index in [1.807, 2.05) is 0 Å². The van der Waals surface area contributed by atoms with Crippen molar-refractivity contribution in [2.24, 2.45) is 9.98 Å². The standard InChI is InChI=1S/C20H31N3/c1-15(21-17-9-5-3-6-10-17)19-13-14-20(23-19)16(2)22-18-11-7-4-8-12-18/h13-14,17-18,23H,3-12H2,1-2H3. The molecule has 126 valence electrons. The van der Waals surface area contributed by atoms with Gasteiger partial charge in [-0.25, -0.2) is 0 Å². The molecule has 0 atom stereocenters. The molecule has 0 radical (unpaired) electrons. The maximum absolute atomic E-state index is 4.94. The SMILES string of the molecule is CC(=NC1CCCCC1)c1ccc(C(C)=NC2CCCCC2)[nH]1. The van der Waals surface area contributed by atoms with Crippen molar-refractivity contribution in [1.82, 2.24) is 4.98 Å². The van der Waals surface area contributed by atoms with E-state index < -0.39 is 0 Å². The van der Waals surface area contributed by atoms with Crippen LogP contribution in [0.25, 0.3) is 0 Å². The molecule has 3 nitrogen and oxygen atoms in total. The van der Waals surface area contributed by atoms with Gasteiger partial charge in [-0.05, 0) is 51.7 Å². The van der Waals surface area contributed by atoms with Gasteiger partial charge in [-0.1, -0.05) is 38.5 Å². The smallest absolute Gasteiger partial charge is 0.0596 e. The fourth-order valence-corrected chi connectivity index (χ4v) is 3.92. The Morgan fingerprint density at radius 1 is 0.739 bits per heavy atom. The second-order valence-electron chi connectivity index (χ2n) is 7.30. The number of aliphatic imine (C=N–C) groups is 2. The van der Waals surface area contributed by atoms with E-state index in [0.717, 1.165) is 22.8 Å². The molecule has 1 N–H and O–H groups in total. The van der Waals surface area contributed by atoms with Gasteiger partial charge in [0.05, 0.1) is 34.9 Å². The van der Waals surface area contributed by atoms with Gasteiger partial charge in [0.25, 0.3) is 0 Å². The highest BCUT2D eigenvalue weighted by atomic mass is 14.9. The minimum absolute atomic E-state index is 0.535. The minimum Gasteiger partial charge on any atom is -0.353 e. The van der Waals surface area contributed by atoms with Crippen molar-refractivity contribution in [1.29, 1.82) is 0 Å². The Hall–Kier alpha value is -1.38. The molecule has 0 bridgehead atoms. The van der Waals surface area contributed by atoms with Gasteiger partial charge < -0.3 is 4.98 Å². The number of hydrogen-bond donors (Lipinski definition) is 1. The lowest BCUT2D eigenvalue weighted by Gasteiger charge is -2.18. The average molecular weight is 313 g/mol. The molecular formula is C20H31N3. The van der Waals surface area contributed by atoms with Crippen LogP contribution in [-0.2, 0) is 0 Å². The molecule has 3 heteroatoms. The third-order valence-corrected chi connectivity index (χ3v) is 5.37. The van der Waals surface area contributed by atoms with E-state index in [4.69, 9.17) is 9.98 Å². The van der Waals surface area contributed by atoms with Crippen molar-refractivity contribution >= 4 is 11.4 Å². The Bertz CT molecular complexity index is 507. The zero-order valence-corrected chi connectivity index (χ0v) is 14.8. The van der Waals surface area contributed by atoms with Crippen LogP contribution in [0.4, 0.5) is 0 Å². The van der Waals surface area contributed by atoms with Crippen LogP contribution in [0.5, 0.6) is 0 Å². The monoisotopic (exact) mass is 313 g/mol. The summed E-state index contributed by atoms with van der Waals surface area (Å²) in [6.45, 7) is 4.27. The fourth-order valence-electron chi connectivity index (χ4n) is 3.92. The normalized spacial score (nSPS) is 22.5. The first-order chi connectivity index (χ1) is 11.2. The largest absolute Gasteiger partial charge is 0.353 e. The first kappa shape index (κ1) is 16.5. The van der Waals surface area contributed by atoms with E-state index in [1.165, 1.54) is 64.2 Å². The van der Waals surface area contributed by atoms with E-state index in [0.29, 0.717) is 12.1 Å².